The van der Waals surface area contributed by atoms with E-state index in [1.165, 1.54) is 0 Å². The number of alkyl carbamates (subject to hydrolysis) is 1. The maximum absolute atomic E-state index is 13.8. The normalized spacial score (nSPS) is 18.0. The maximum atomic E-state index is 13.8. The Hall–Kier alpha value is -4.91. The highest BCUT2D eigenvalue weighted by Gasteiger charge is 2.34. The lowest BCUT2D eigenvalue weighted by Crippen LogP contribution is -2.55. The molecule has 10 nitrogen and oxygen atoms in total. The molecule has 234 valence electrons. The van der Waals surface area contributed by atoms with E-state index in [-0.39, 0.29) is 37.2 Å². The van der Waals surface area contributed by atoms with Gasteiger partial charge in [-0.05, 0) is 53.5 Å². The van der Waals surface area contributed by atoms with E-state index in [1.54, 1.807) is 0 Å². The van der Waals surface area contributed by atoms with Crippen LogP contribution >= 0.6 is 0 Å². The van der Waals surface area contributed by atoms with Gasteiger partial charge in [-0.3, -0.25) is 14.4 Å². The molecule has 4 atom stereocenters. The monoisotopic (exact) mass is 609 g/mol. The van der Waals surface area contributed by atoms with Crippen LogP contribution in [0.4, 0.5) is 4.79 Å². The van der Waals surface area contributed by atoms with Crippen LogP contribution in [0.1, 0.15) is 49.7 Å². The molecule has 2 fully saturated rings. The number of nitrogens with zero attached hydrogens (tertiary/aromatic N) is 1. The van der Waals surface area contributed by atoms with Crippen molar-refractivity contribution in [2.75, 3.05) is 6.54 Å². The van der Waals surface area contributed by atoms with Gasteiger partial charge < -0.3 is 26.0 Å². The van der Waals surface area contributed by atoms with E-state index in [4.69, 9.17) is 4.74 Å². The molecular formula is C35H39N5O5. The van der Waals surface area contributed by atoms with Crippen molar-refractivity contribution in [2.24, 2.45) is 11.8 Å². The van der Waals surface area contributed by atoms with Crippen molar-refractivity contribution in [1.29, 1.82) is 5.26 Å². The second-order valence-electron chi connectivity index (χ2n) is 11.9. The van der Waals surface area contributed by atoms with Gasteiger partial charge in [0, 0.05) is 18.9 Å². The lowest BCUT2D eigenvalue weighted by atomic mass is 9.92. The number of nitrogens with one attached hydrogen (secondary N) is 4. The lowest BCUT2D eigenvalue weighted by Gasteiger charge is -2.26. The van der Waals surface area contributed by atoms with E-state index in [0.29, 0.717) is 19.4 Å². The second kappa shape index (κ2) is 15.2. The Kier molecular flexibility index (Phi) is 10.6. The highest BCUT2D eigenvalue weighted by Crippen LogP contribution is 2.33. The van der Waals surface area contributed by atoms with Gasteiger partial charge in [0.25, 0.3) is 0 Å². The zero-order valence-electron chi connectivity index (χ0n) is 25.2. The van der Waals surface area contributed by atoms with Gasteiger partial charge >= 0.3 is 6.09 Å². The largest absolute Gasteiger partial charge is 0.445 e. The van der Waals surface area contributed by atoms with Crippen molar-refractivity contribution < 1.29 is 23.9 Å². The molecule has 45 heavy (non-hydrogen) atoms. The molecule has 0 aromatic heterocycles. The molecule has 10 heteroatoms. The first kappa shape index (κ1) is 31.5. The molecule has 4 N–H and O–H groups in total. The highest BCUT2D eigenvalue weighted by molar-refractivity contribution is 5.93. The van der Waals surface area contributed by atoms with Crippen LogP contribution in [0.3, 0.4) is 0 Å². The van der Waals surface area contributed by atoms with Crippen LogP contribution in [0.2, 0.25) is 0 Å². The Labute approximate surface area is 262 Å². The number of hydrogen-bond acceptors (Lipinski definition) is 6. The standard InChI is InChI=1S/C35H39N5O5/c36-21-28(19-27-13-7-17-37-32(27)41)38-33(42)30(18-23-15-16-23)39-34(43)31(40-35(44)45-22-24-8-2-1-3-9-24)20-26-12-6-11-25-10-4-5-14-29(25)26/h1-6,8-12,14,23,27-28,30-31H,7,13,15-20,22H2,(H,37,41)(H,38,42)(H,39,43)(H,40,44)/t27-,28-,30-,31-/m0/s1. The van der Waals surface area contributed by atoms with Gasteiger partial charge in [0.2, 0.25) is 17.7 Å². The summed E-state index contributed by atoms with van der Waals surface area (Å²) in [7, 11) is 0. The molecule has 1 aliphatic heterocycles. The summed E-state index contributed by atoms with van der Waals surface area (Å²) in [5.41, 5.74) is 1.66. The topological polar surface area (TPSA) is 149 Å². The SMILES string of the molecule is N#C[C@H](C[C@@H]1CCCNC1=O)NC(=O)[C@H](CC1CC1)NC(=O)[C@H](Cc1cccc2ccccc12)NC(=O)OCc1ccccc1. The number of hydrogen-bond donors (Lipinski definition) is 4. The van der Waals surface area contributed by atoms with Crippen molar-refractivity contribution >= 4 is 34.6 Å². The first-order valence-corrected chi connectivity index (χ1v) is 15.6. The molecule has 5 rings (SSSR count). The van der Waals surface area contributed by atoms with Crippen LogP contribution in [-0.4, -0.2) is 48.5 Å². The van der Waals surface area contributed by atoms with Gasteiger partial charge in [0.05, 0.1) is 6.07 Å². The van der Waals surface area contributed by atoms with Gasteiger partial charge in [-0.15, -0.1) is 0 Å². The molecule has 2 aliphatic rings. The molecule has 0 spiro atoms. The summed E-state index contributed by atoms with van der Waals surface area (Å²) in [4.78, 5) is 52.5. The van der Waals surface area contributed by atoms with Crippen molar-refractivity contribution in [3.8, 4) is 6.07 Å². The third-order valence-electron chi connectivity index (χ3n) is 8.42. The van der Waals surface area contributed by atoms with Crippen LogP contribution in [0.25, 0.3) is 10.8 Å². The molecule has 1 saturated heterocycles. The lowest BCUT2D eigenvalue weighted by molar-refractivity contribution is -0.130. The molecular weight excluding hydrogens is 570 g/mol. The number of amides is 4. The zero-order chi connectivity index (χ0) is 31.6. The summed E-state index contributed by atoms with van der Waals surface area (Å²) in [6.45, 7) is 0.652. The van der Waals surface area contributed by atoms with Crippen LogP contribution in [-0.2, 0) is 32.1 Å². The summed E-state index contributed by atoms with van der Waals surface area (Å²) in [5.74, 6) is -1.18. The Morgan fingerprint density at radius 3 is 2.36 bits per heavy atom. The molecule has 0 bridgehead atoms. The van der Waals surface area contributed by atoms with Gasteiger partial charge in [-0.2, -0.15) is 5.26 Å². The average Bonchev–Trinajstić information content (AvgIpc) is 3.88. The van der Waals surface area contributed by atoms with Crippen LogP contribution in [0.15, 0.2) is 72.8 Å². The number of carbonyl (C=O) groups is 4. The molecule has 4 amide bonds. The number of rotatable bonds is 13. The molecule has 0 radical (unpaired) electrons. The van der Waals surface area contributed by atoms with Crippen LogP contribution < -0.4 is 21.3 Å². The Bertz CT molecular complexity index is 1550. The molecule has 0 unspecified atom stereocenters. The first-order valence-electron chi connectivity index (χ1n) is 15.6. The van der Waals surface area contributed by atoms with Gasteiger partial charge in [0.15, 0.2) is 0 Å². The number of benzene rings is 3. The third kappa shape index (κ3) is 9.05. The third-order valence-corrected chi connectivity index (χ3v) is 8.42. The smallest absolute Gasteiger partial charge is 0.408 e. The fraction of sp³-hybridized carbons (Fsp3) is 0.400. The van der Waals surface area contributed by atoms with Gasteiger partial charge in [0.1, 0.15) is 24.7 Å². The van der Waals surface area contributed by atoms with E-state index in [1.807, 2.05) is 72.8 Å². The number of fused-ring (bicyclic) bond motifs is 1. The quantitative estimate of drug-likeness (QED) is 0.231. The molecule has 3 aromatic rings. The van der Waals surface area contributed by atoms with E-state index in [9.17, 15) is 24.4 Å². The zero-order valence-corrected chi connectivity index (χ0v) is 25.2. The Morgan fingerprint density at radius 1 is 0.867 bits per heavy atom. The maximum Gasteiger partial charge on any atom is 0.408 e. The summed E-state index contributed by atoms with van der Waals surface area (Å²) >= 11 is 0. The van der Waals surface area contributed by atoms with E-state index >= 15 is 0 Å². The predicted octanol–water partition coefficient (Wildman–Crippen LogP) is 3.89. The fourth-order valence-electron chi connectivity index (χ4n) is 5.76. The molecule has 1 saturated carbocycles. The predicted molar refractivity (Wildman–Crippen MR) is 168 cm³/mol. The minimum Gasteiger partial charge on any atom is -0.445 e. The summed E-state index contributed by atoms with van der Waals surface area (Å²) in [6, 6.07) is 22.1. The summed E-state index contributed by atoms with van der Waals surface area (Å²) in [5, 5.41) is 22.9. The van der Waals surface area contributed by atoms with Crippen molar-refractivity contribution in [2.45, 2.75) is 69.7 Å². The molecule has 1 heterocycles. The minimum atomic E-state index is -1.04. The first-order chi connectivity index (χ1) is 21.9. The number of piperidine rings is 1. The van der Waals surface area contributed by atoms with E-state index in [2.05, 4.69) is 27.3 Å². The van der Waals surface area contributed by atoms with Crippen LogP contribution in [0.5, 0.6) is 0 Å². The second-order valence-corrected chi connectivity index (χ2v) is 11.9. The van der Waals surface area contributed by atoms with Crippen LogP contribution in [0, 0.1) is 23.2 Å². The minimum absolute atomic E-state index is 0.0383. The van der Waals surface area contributed by atoms with E-state index in [0.717, 1.165) is 41.2 Å². The van der Waals surface area contributed by atoms with Gasteiger partial charge in [-0.1, -0.05) is 85.6 Å². The van der Waals surface area contributed by atoms with Gasteiger partial charge in [-0.25, -0.2) is 4.79 Å². The molecule has 3 aromatic carbocycles. The average molecular weight is 610 g/mol. The van der Waals surface area contributed by atoms with E-state index < -0.39 is 36.0 Å². The highest BCUT2D eigenvalue weighted by atomic mass is 16.5. The van der Waals surface area contributed by atoms with Crippen molar-refractivity contribution in [3.05, 3.63) is 83.9 Å². The number of ether oxygens (including phenoxy) is 1. The summed E-state index contributed by atoms with van der Waals surface area (Å²) < 4.78 is 5.43. The number of nitriles is 1. The van der Waals surface area contributed by atoms with Crippen molar-refractivity contribution in [3.63, 3.8) is 0 Å². The number of carbonyl (C=O) groups excluding carboxylic acids is 4. The Morgan fingerprint density at radius 2 is 1.60 bits per heavy atom. The van der Waals surface area contributed by atoms with Crippen molar-refractivity contribution in [1.82, 2.24) is 21.3 Å². The molecule has 1 aliphatic carbocycles. The Balaban J connectivity index is 1.30. The fourth-order valence-corrected chi connectivity index (χ4v) is 5.76. The summed E-state index contributed by atoms with van der Waals surface area (Å²) in [6.07, 6.45) is 3.42.